The SMILES string of the molecule is CC1CCC2(OC1)O[C@H]1CC3C4CC[C@@H]5CC=CC[C@]5(C)C4CC[C@]3(C)C1[C@@H]2C. The first-order valence-corrected chi connectivity index (χ1v) is 12.8. The molecular weight excluding hydrogens is 356 g/mol. The highest BCUT2D eigenvalue weighted by Crippen LogP contribution is 2.71. The average Bonchev–Trinajstić information content (AvgIpc) is 3.15. The molecule has 2 heterocycles. The Hall–Kier alpha value is -0.340. The van der Waals surface area contributed by atoms with E-state index in [0.717, 1.165) is 36.7 Å². The minimum absolute atomic E-state index is 0.259. The maximum absolute atomic E-state index is 6.91. The van der Waals surface area contributed by atoms with Gasteiger partial charge in [0, 0.05) is 12.3 Å². The van der Waals surface area contributed by atoms with Crippen LogP contribution in [0.2, 0.25) is 0 Å². The molecule has 6 unspecified atom stereocenters. The van der Waals surface area contributed by atoms with Crippen LogP contribution in [0.5, 0.6) is 0 Å². The van der Waals surface area contributed by atoms with Gasteiger partial charge in [-0.1, -0.05) is 39.8 Å². The molecule has 0 aromatic rings. The van der Waals surface area contributed by atoms with Crippen LogP contribution in [0.25, 0.3) is 0 Å². The van der Waals surface area contributed by atoms with Crippen LogP contribution in [0.3, 0.4) is 0 Å². The van der Waals surface area contributed by atoms with Crippen LogP contribution < -0.4 is 0 Å². The largest absolute Gasteiger partial charge is 0.349 e. The molecule has 2 saturated heterocycles. The fourth-order valence-corrected chi connectivity index (χ4v) is 9.86. The second-order valence-corrected chi connectivity index (χ2v) is 12.6. The monoisotopic (exact) mass is 398 g/mol. The van der Waals surface area contributed by atoms with Crippen LogP contribution in [0.4, 0.5) is 0 Å². The summed E-state index contributed by atoms with van der Waals surface area (Å²) in [7, 11) is 0. The van der Waals surface area contributed by atoms with E-state index in [2.05, 4.69) is 39.8 Å². The summed E-state index contributed by atoms with van der Waals surface area (Å²) < 4.78 is 13.4. The first-order valence-electron chi connectivity index (χ1n) is 12.8. The van der Waals surface area contributed by atoms with Crippen LogP contribution in [-0.2, 0) is 9.47 Å². The van der Waals surface area contributed by atoms with Crippen LogP contribution in [0.15, 0.2) is 12.2 Å². The van der Waals surface area contributed by atoms with Gasteiger partial charge in [-0.2, -0.15) is 0 Å². The second kappa shape index (κ2) is 6.35. The molecule has 0 aromatic heterocycles. The molecule has 162 valence electrons. The molecule has 0 bridgehead atoms. The lowest BCUT2D eigenvalue weighted by Crippen LogP contribution is -2.53. The number of hydrogen-bond acceptors (Lipinski definition) is 2. The van der Waals surface area contributed by atoms with Gasteiger partial charge in [0.1, 0.15) is 0 Å². The first kappa shape index (κ1) is 19.4. The highest BCUT2D eigenvalue weighted by atomic mass is 16.7. The van der Waals surface area contributed by atoms with Gasteiger partial charge in [-0.25, -0.2) is 0 Å². The van der Waals surface area contributed by atoms with Gasteiger partial charge >= 0.3 is 0 Å². The zero-order chi connectivity index (χ0) is 20.0. The highest BCUT2D eigenvalue weighted by molar-refractivity contribution is 5.16. The summed E-state index contributed by atoms with van der Waals surface area (Å²) in [6, 6.07) is 0. The molecule has 6 aliphatic rings. The summed E-state index contributed by atoms with van der Waals surface area (Å²) in [6.07, 6.45) is 17.6. The van der Waals surface area contributed by atoms with Crippen LogP contribution >= 0.6 is 0 Å². The van der Waals surface area contributed by atoms with Gasteiger partial charge in [-0.15, -0.1) is 0 Å². The third kappa shape index (κ3) is 2.48. The van der Waals surface area contributed by atoms with E-state index in [-0.39, 0.29) is 5.79 Å². The fraction of sp³-hybridized carbons (Fsp3) is 0.926. The van der Waals surface area contributed by atoms with E-state index in [4.69, 9.17) is 9.47 Å². The van der Waals surface area contributed by atoms with E-state index < -0.39 is 0 Å². The Morgan fingerprint density at radius 1 is 0.897 bits per heavy atom. The molecule has 0 aromatic carbocycles. The van der Waals surface area contributed by atoms with Gasteiger partial charge in [0.15, 0.2) is 5.79 Å². The number of fused-ring (bicyclic) bond motifs is 7. The summed E-state index contributed by atoms with van der Waals surface area (Å²) in [6.45, 7) is 11.0. The van der Waals surface area contributed by atoms with Crippen molar-refractivity contribution in [2.24, 2.45) is 52.3 Å². The summed E-state index contributed by atoms with van der Waals surface area (Å²) in [5.74, 6) is 5.39. The second-order valence-electron chi connectivity index (χ2n) is 12.6. The number of rotatable bonds is 0. The van der Waals surface area contributed by atoms with Gasteiger partial charge in [0.25, 0.3) is 0 Å². The molecule has 4 aliphatic carbocycles. The van der Waals surface area contributed by atoms with Crippen molar-refractivity contribution in [3.05, 3.63) is 12.2 Å². The van der Waals surface area contributed by atoms with E-state index in [1.54, 1.807) is 0 Å². The van der Waals surface area contributed by atoms with Crippen molar-refractivity contribution in [3.8, 4) is 0 Å². The zero-order valence-corrected chi connectivity index (χ0v) is 19.2. The predicted molar refractivity (Wildman–Crippen MR) is 116 cm³/mol. The van der Waals surface area contributed by atoms with Gasteiger partial charge in [-0.05, 0) is 97.7 Å². The molecule has 2 heteroatoms. The lowest BCUT2D eigenvalue weighted by atomic mass is 9.45. The van der Waals surface area contributed by atoms with Gasteiger partial charge in [-0.3, -0.25) is 0 Å². The number of ether oxygens (including phenoxy) is 2. The van der Waals surface area contributed by atoms with Gasteiger partial charge < -0.3 is 9.47 Å². The van der Waals surface area contributed by atoms with E-state index in [1.807, 2.05) is 0 Å². The Balaban J connectivity index is 1.28. The third-order valence-corrected chi connectivity index (χ3v) is 11.5. The molecular formula is C27H42O2. The molecule has 6 rings (SSSR count). The smallest absolute Gasteiger partial charge is 0.171 e. The molecule has 3 saturated carbocycles. The van der Waals surface area contributed by atoms with Crippen molar-refractivity contribution < 1.29 is 9.47 Å². The summed E-state index contributed by atoms with van der Waals surface area (Å²) >= 11 is 0. The summed E-state index contributed by atoms with van der Waals surface area (Å²) in [5.41, 5.74) is 1.03. The lowest BCUT2D eigenvalue weighted by Gasteiger charge is -2.60. The Kier molecular flexibility index (Phi) is 4.23. The fourth-order valence-electron chi connectivity index (χ4n) is 9.86. The van der Waals surface area contributed by atoms with Crippen molar-refractivity contribution >= 4 is 0 Å². The number of hydrogen-bond donors (Lipinski definition) is 0. The van der Waals surface area contributed by atoms with Crippen LogP contribution in [-0.4, -0.2) is 18.5 Å². The maximum atomic E-state index is 6.91. The van der Waals surface area contributed by atoms with Crippen molar-refractivity contribution in [1.82, 2.24) is 0 Å². The highest BCUT2D eigenvalue weighted by Gasteiger charge is 2.68. The summed E-state index contributed by atoms with van der Waals surface area (Å²) in [4.78, 5) is 0. The van der Waals surface area contributed by atoms with Crippen molar-refractivity contribution in [2.75, 3.05) is 6.61 Å². The zero-order valence-electron chi connectivity index (χ0n) is 19.2. The molecule has 0 N–H and O–H groups in total. The topological polar surface area (TPSA) is 18.5 Å². The molecule has 29 heavy (non-hydrogen) atoms. The van der Waals surface area contributed by atoms with Crippen LogP contribution in [0.1, 0.15) is 85.5 Å². The van der Waals surface area contributed by atoms with Gasteiger partial charge in [0.2, 0.25) is 0 Å². The Labute approximate surface area is 178 Å². The molecule has 0 amide bonds. The minimum Gasteiger partial charge on any atom is -0.349 e. The molecule has 11 atom stereocenters. The van der Waals surface area contributed by atoms with Crippen molar-refractivity contribution in [1.29, 1.82) is 0 Å². The van der Waals surface area contributed by atoms with E-state index in [9.17, 15) is 0 Å². The first-order chi connectivity index (χ1) is 13.9. The van der Waals surface area contributed by atoms with Crippen molar-refractivity contribution in [3.63, 3.8) is 0 Å². The lowest BCUT2D eigenvalue weighted by molar-refractivity contribution is -0.273. The molecule has 1 spiro atoms. The van der Waals surface area contributed by atoms with E-state index in [1.165, 1.54) is 51.4 Å². The van der Waals surface area contributed by atoms with Crippen LogP contribution in [0, 0.1) is 52.3 Å². The predicted octanol–water partition coefficient (Wildman–Crippen LogP) is 6.60. The number of allylic oxidation sites excluding steroid dienone is 2. The summed E-state index contributed by atoms with van der Waals surface area (Å²) in [5, 5.41) is 0. The molecule has 2 nitrogen and oxygen atoms in total. The van der Waals surface area contributed by atoms with E-state index >= 15 is 0 Å². The molecule has 5 fully saturated rings. The minimum atomic E-state index is -0.259. The average molecular weight is 399 g/mol. The molecule has 2 aliphatic heterocycles. The van der Waals surface area contributed by atoms with E-state index in [0.29, 0.717) is 34.7 Å². The standard InChI is InChI=1S/C27H42O2/c1-17-10-14-27(28-16-17)18(2)24-23(29-27)15-22-20-9-8-19-7-5-6-12-25(19,3)21(20)11-13-26(22,24)4/h5-6,17-24H,7-16H2,1-4H3/t17?,18-,19-,20?,21?,22?,23-,24?,25-,26-,27?/m0/s1. The third-order valence-electron chi connectivity index (χ3n) is 11.5. The normalized spacial score (nSPS) is 61.1. The Morgan fingerprint density at radius 2 is 1.76 bits per heavy atom. The van der Waals surface area contributed by atoms with Crippen molar-refractivity contribution in [2.45, 2.75) is 97.4 Å². The van der Waals surface area contributed by atoms with Gasteiger partial charge in [0.05, 0.1) is 12.7 Å². The molecule has 0 radical (unpaired) electrons. The quantitative estimate of drug-likeness (QED) is 0.428. The maximum Gasteiger partial charge on any atom is 0.171 e. The Morgan fingerprint density at radius 3 is 2.55 bits per heavy atom. The Bertz CT molecular complexity index is 691.